The van der Waals surface area contributed by atoms with Crippen LogP contribution in [-0.4, -0.2) is 30.6 Å². The highest BCUT2D eigenvalue weighted by molar-refractivity contribution is 5.74. The molecule has 0 saturated carbocycles. The Kier molecular flexibility index (Phi) is 5.39. The van der Waals surface area contributed by atoms with E-state index >= 15 is 0 Å². The Morgan fingerprint density at radius 1 is 1.50 bits per heavy atom. The van der Waals surface area contributed by atoms with Crippen LogP contribution >= 0.6 is 0 Å². The van der Waals surface area contributed by atoms with E-state index in [1.54, 1.807) is 12.1 Å². The zero-order chi connectivity index (χ0) is 14.4. The third-order valence-electron chi connectivity index (χ3n) is 3.86. The third kappa shape index (κ3) is 4.22. The lowest BCUT2D eigenvalue weighted by molar-refractivity contribution is 0.163. The number of amides is 2. The number of nitrogens with zero attached hydrogens (tertiary/aromatic N) is 1. The van der Waals surface area contributed by atoms with Crippen molar-refractivity contribution in [3.63, 3.8) is 0 Å². The molecule has 1 aliphatic heterocycles. The van der Waals surface area contributed by atoms with Crippen LogP contribution in [0.4, 0.5) is 9.18 Å². The number of hydrogen-bond donors (Lipinski definition) is 1. The van der Waals surface area contributed by atoms with Gasteiger partial charge in [0.15, 0.2) is 0 Å². The molecule has 0 aromatic heterocycles. The Labute approximate surface area is 120 Å². The predicted octanol–water partition coefficient (Wildman–Crippen LogP) is 3.20. The zero-order valence-corrected chi connectivity index (χ0v) is 12.1. The minimum atomic E-state index is -0.171. The number of rotatable bonds is 4. The summed E-state index contributed by atoms with van der Waals surface area (Å²) in [5, 5.41) is 2.85. The number of hydrogen-bond acceptors (Lipinski definition) is 1. The first-order chi connectivity index (χ1) is 9.69. The molecule has 2 rings (SSSR count). The van der Waals surface area contributed by atoms with Gasteiger partial charge in [-0.05, 0) is 56.2 Å². The molecule has 1 aromatic rings. The number of likely N-dealkylation sites (tertiary alicyclic amines) is 1. The fraction of sp³-hybridized carbons (Fsp3) is 0.562. The standard InChI is InChI=1S/C16H23FN2O/c1-2-18-16(20)19-10-4-6-14(12-19)9-8-13-5-3-7-15(17)11-13/h3,5,7,11,14H,2,4,6,8-10,12H2,1H3,(H,18,20)/t14-/m0/s1. The summed E-state index contributed by atoms with van der Waals surface area (Å²) in [6.07, 6.45) is 4.11. The van der Waals surface area contributed by atoms with Crippen molar-refractivity contribution in [1.29, 1.82) is 0 Å². The van der Waals surface area contributed by atoms with Crippen molar-refractivity contribution in [3.8, 4) is 0 Å². The highest BCUT2D eigenvalue weighted by atomic mass is 19.1. The van der Waals surface area contributed by atoms with E-state index in [2.05, 4.69) is 5.32 Å². The summed E-state index contributed by atoms with van der Waals surface area (Å²) in [7, 11) is 0. The lowest BCUT2D eigenvalue weighted by Crippen LogP contribution is -2.45. The molecule has 1 aliphatic rings. The molecule has 0 bridgehead atoms. The summed E-state index contributed by atoms with van der Waals surface area (Å²) in [4.78, 5) is 13.7. The van der Waals surface area contributed by atoms with E-state index in [1.807, 2.05) is 17.9 Å². The first-order valence-electron chi connectivity index (χ1n) is 7.46. The van der Waals surface area contributed by atoms with Crippen molar-refractivity contribution in [2.45, 2.75) is 32.6 Å². The quantitative estimate of drug-likeness (QED) is 0.901. The Hall–Kier alpha value is -1.58. The lowest BCUT2D eigenvalue weighted by Gasteiger charge is -2.32. The van der Waals surface area contributed by atoms with Crippen LogP contribution in [0.5, 0.6) is 0 Å². The van der Waals surface area contributed by atoms with Crippen LogP contribution in [0.1, 0.15) is 31.7 Å². The van der Waals surface area contributed by atoms with Crippen molar-refractivity contribution in [1.82, 2.24) is 10.2 Å². The molecular formula is C16H23FN2O. The molecule has 0 spiro atoms. The number of aryl methyl sites for hydroxylation is 1. The summed E-state index contributed by atoms with van der Waals surface area (Å²) in [6, 6.07) is 6.84. The first-order valence-corrected chi connectivity index (χ1v) is 7.46. The summed E-state index contributed by atoms with van der Waals surface area (Å²) in [6.45, 7) is 4.27. The highest BCUT2D eigenvalue weighted by Crippen LogP contribution is 2.21. The normalized spacial score (nSPS) is 18.9. The Morgan fingerprint density at radius 3 is 3.10 bits per heavy atom. The van der Waals surface area contributed by atoms with Gasteiger partial charge in [-0.15, -0.1) is 0 Å². The Morgan fingerprint density at radius 2 is 2.35 bits per heavy atom. The summed E-state index contributed by atoms with van der Waals surface area (Å²) < 4.78 is 13.1. The highest BCUT2D eigenvalue weighted by Gasteiger charge is 2.22. The second-order valence-electron chi connectivity index (χ2n) is 5.46. The van der Waals surface area contributed by atoms with Gasteiger partial charge in [-0.2, -0.15) is 0 Å². The molecular weight excluding hydrogens is 255 g/mol. The van der Waals surface area contributed by atoms with Gasteiger partial charge < -0.3 is 10.2 Å². The zero-order valence-electron chi connectivity index (χ0n) is 12.1. The van der Waals surface area contributed by atoms with E-state index in [0.717, 1.165) is 44.3 Å². The maximum Gasteiger partial charge on any atom is 0.317 e. The Balaban J connectivity index is 1.82. The maximum atomic E-state index is 13.1. The second-order valence-corrected chi connectivity index (χ2v) is 5.46. The SMILES string of the molecule is CCNC(=O)N1CCC[C@@H](CCc2cccc(F)c2)C1. The fourth-order valence-corrected chi connectivity index (χ4v) is 2.81. The van der Waals surface area contributed by atoms with E-state index in [4.69, 9.17) is 0 Å². The summed E-state index contributed by atoms with van der Waals surface area (Å²) in [5.74, 6) is 0.352. The van der Waals surface area contributed by atoms with Crippen molar-refractivity contribution >= 4 is 6.03 Å². The number of piperidine rings is 1. The average Bonchev–Trinajstić information content (AvgIpc) is 2.46. The molecule has 1 atom stereocenters. The summed E-state index contributed by atoms with van der Waals surface area (Å²) >= 11 is 0. The molecule has 1 N–H and O–H groups in total. The van der Waals surface area contributed by atoms with Gasteiger partial charge in [0.25, 0.3) is 0 Å². The predicted molar refractivity (Wildman–Crippen MR) is 78.1 cm³/mol. The lowest BCUT2D eigenvalue weighted by atomic mass is 9.92. The molecule has 3 nitrogen and oxygen atoms in total. The van der Waals surface area contributed by atoms with Crippen LogP contribution in [0.3, 0.4) is 0 Å². The first kappa shape index (κ1) is 14.8. The number of carbonyl (C=O) groups excluding carboxylic acids is 1. The fourth-order valence-electron chi connectivity index (χ4n) is 2.81. The van der Waals surface area contributed by atoms with Crippen LogP contribution in [0.15, 0.2) is 24.3 Å². The number of nitrogens with one attached hydrogen (secondary N) is 1. The van der Waals surface area contributed by atoms with E-state index in [1.165, 1.54) is 6.07 Å². The topological polar surface area (TPSA) is 32.3 Å². The van der Waals surface area contributed by atoms with Gasteiger partial charge in [0.2, 0.25) is 0 Å². The number of urea groups is 1. The van der Waals surface area contributed by atoms with E-state index < -0.39 is 0 Å². The van der Waals surface area contributed by atoms with Crippen molar-refractivity contribution in [3.05, 3.63) is 35.6 Å². The number of carbonyl (C=O) groups is 1. The molecule has 2 amide bonds. The average molecular weight is 278 g/mol. The van der Waals surface area contributed by atoms with Crippen LogP contribution in [0.2, 0.25) is 0 Å². The van der Waals surface area contributed by atoms with Gasteiger partial charge in [-0.3, -0.25) is 0 Å². The maximum absolute atomic E-state index is 13.1. The minimum absolute atomic E-state index is 0.0444. The number of halogens is 1. The molecule has 0 aliphatic carbocycles. The van der Waals surface area contributed by atoms with Gasteiger partial charge >= 0.3 is 6.03 Å². The minimum Gasteiger partial charge on any atom is -0.338 e. The van der Waals surface area contributed by atoms with Crippen LogP contribution in [0, 0.1) is 11.7 Å². The Bertz CT molecular complexity index is 450. The van der Waals surface area contributed by atoms with Crippen LogP contribution in [0.25, 0.3) is 0 Å². The van der Waals surface area contributed by atoms with Gasteiger partial charge in [-0.25, -0.2) is 9.18 Å². The second kappa shape index (κ2) is 7.27. The smallest absolute Gasteiger partial charge is 0.317 e. The molecule has 0 radical (unpaired) electrons. The number of benzene rings is 1. The molecule has 1 fully saturated rings. The van der Waals surface area contributed by atoms with E-state index in [-0.39, 0.29) is 11.8 Å². The molecule has 4 heteroatoms. The molecule has 0 unspecified atom stereocenters. The largest absolute Gasteiger partial charge is 0.338 e. The third-order valence-corrected chi connectivity index (χ3v) is 3.86. The van der Waals surface area contributed by atoms with Crippen molar-refractivity contribution < 1.29 is 9.18 Å². The van der Waals surface area contributed by atoms with E-state index in [9.17, 15) is 9.18 Å². The van der Waals surface area contributed by atoms with Crippen molar-refractivity contribution in [2.24, 2.45) is 5.92 Å². The monoisotopic (exact) mass is 278 g/mol. The van der Waals surface area contributed by atoms with Crippen LogP contribution in [-0.2, 0) is 6.42 Å². The van der Waals surface area contributed by atoms with Gasteiger partial charge in [0, 0.05) is 19.6 Å². The van der Waals surface area contributed by atoms with Crippen LogP contribution < -0.4 is 5.32 Å². The molecule has 1 heterocycles. The molecule has 1 aromatic carbocycles. The van der Waals surface area contributed by atoms with Gasteiger partial charge in [-0.1, -0.05) is 12.1 Å². The summed E-state index contributed by atoms with van der Waals surface area (Å²) in [5.41, 5.74) is 1.04. The van der Waals surface area contributed by atoms with Gasteiger partial charge in [0.1, 0.15) is 5.82 Å². The molecule has 20 heavy (non-hydrogen) atoms. The van der Waals surface area contributed by atoms with Gasteiger partial charge in [0.05, 0.1) is 0 Å². The molecule has 110 valence electrons. The van der Waals surface area contributed by atoms with Crippen molar-refractivity contribution in [2.75, 3.05) is 19.6 Å². The van der Waals surface area contributed by atoms with E-state index in [0.29, 0.717) is 12.5 Å². The molecule has 1 saturated heterocycles.